The fourth-order valence-corrected chi connectivity index (χ4v) is 2.04. The minimum Gasteiger partial charge on any atom is -0.394 e. The van der Waals surface area contributed by atoms with E-state index in [4.69, 9.17) is 24.1 Å². The summed E-state index contributed by atoms with van der Waals surface area (Å²) in [6, 6.07) is 0. The van der Waals surface area contributed by atoms with Crippen molar-refractivity contribution in [2.45, 2.75) is 91.3 Å². The van der Waals surface area contributed by atoms with Gasteiger partial charge in [-0.05, 0) is 41.0 Å². The third-order valence-electron chi connectivity index (χ3n) is 3.53. The number of aliphatic hydroxyl groups excluding tert-OH is 1. The molecule has 0 amide bonds. The molecule has 140 valence electrons. The Kier molecular flexibility index (Phi) is 14.0. The minimum absolute atomic E-state index is 0.0159. The number of rotatable bonds is 15. The molecule has 0 aromatic heterocycles. The van der Waals surface area contributed by atoms with Crippen molar-refractivity contribution in [3.05, 3.63) is 0 Å². The first-order valence-electron chi connectivity index (χ1n) is 9.00. The van der Waals surface area contributed by atoms with Gasteiger partial charge in [0, 0.05) is 0 Å². The van der Waals surface area contributed by atoms with Gasteiger partial charge in [0.15, 0.2) is 0 Å². The van der Waals surface area contributed by atoms with E-state index in [1.165, 1.54) is 12.8 Å². The van der Waals surface area contributed by atoms with E-state index in [1.807, 2.05) is 27.7 Å². The molecule has 0 aliphatic heterocycles. The summed E-state index contributed by atoms with van der Waals surface area (Å²) in [5.41, 5.74) is 0. The van der Waals surface area contributed by atoms with E-state index in [-0.39, 0.29) is 37.1 Å². The lowest BCUT2D eigenvalue weighted by atomic mass is 10.2. The maximum Gasteiger partial charge on any atom is 0.0784 e. The highest BCUT2D eigenvalue weighted by atomic mass is 16.6. The van der Waals surface area contributed by atoms with Crippen LogP contribution in [0.25, 0.3) is 0 Å². The molecule has 0 saturated carbocycles. The standard InChI is InChI=1S/C18H38O5/c1-7-8-9-14(2)23-18(6)13-22-17(5)12-21-16(4)11-20-15(3)10-19/h14-19H,7-13H2,1-6H3. The molecule has 0 rings (SSSR count). The summed E-state index contributed by atoms with van der Waals surface area (Å²) in [5, 5.41) is 8.90. The molecule has 23 heavy (non-hydrogen) atoms. The van der Waals surface area contributed by atoms with Crippen LogP contribution < -0.4 is 0 Å². The van der Waals surface area contributed by atoms with Gasteiger partial charge in [0.2, 0.25) is 0 Å². The van der Waals surface area contributed by atoms with Gasteiger partial charge < -0.3 is 24.1 Å². The smallest absolute Gasteiger partial charge is 0.0784 e. The maximum absolute atomic E-state index is 8.90. The highest BCUT2D eigenvalue weighted by molar-refractivity contribution is 4.58. The Morgan fingerprint density at radius 1 is 0.696 bits per heavy atom. The average molecular weight is 334 g/mol. The monoisotopic (exact) mass is 334 g/mol. The summed E-state index contributed by atoms with van der Waals surface area (Å²) >= 11 is 0. The first-order valence-corrected chi connectivity index (χ1v) is 9.00. The van der Waals surface area contributed by atoms with Crippen LogP contribution in [0.3, 0.4) is 0 Å². The van der Waals surface area contributed by atoms with Crippen molar-refractivity contribution in [3.8, 4) is 0 Å². The second-order valence-electron chi connectivity index (χ2n) is 6.51. The van der Waals surface area contributed by atoms with E-state index in [9.17, 15) is 0 Å². The van der Waals surface area contributed by atoms with Gasteiger partial charge in [-0.2, -0.15) is 0 Å². The number of hydrogen-bond acceptors (Lipinski definition) is 5. The highest BCUT2D eigenvalue weighted by Crippen LogP contribution is 2.08. The van der Waals surface area contributed by atoms with Crippen LogP contribution in [0, 0.1) is 0 Å². The summed E-state index contributed by atoms with van der Waals surface area (Å²) in [5.74, 6) is 0. The summed E-state index contributed by atoms with van der Waals surface area (Å²) < 4.78 is 22.8. The van der Waals surface area contributed by atoms with E-state index < -0.39 is 0 Å². The average Bonchev–Trinajstić information content (AvgIpc) is 2.53. The first-order chi connectivity index (χ1) is 10.9. The van der Waals surface area contributed by atoms with E-state index in [0.29, 0.717) is 19.8 Å². The van der Waals surface area contributed by atoms with Gasteiger partial charge in [0.05, 0.1) is 56.9 Å². The zero-order chi connectivity index (χ0) is 17.7. The lowest BCUT2D eigenvalue weighted by molar-refractivity contribution is -0.0973. The molecule has 0 aliphatic carbocycles. The van der Waals surface area contributed by atoms with Crippen molar-refractivity contribution >= 4 is 0 Å². The van der Waals surface area contributed by atoms with Crippen LogP contribution >= 0.6 is 0 Å². The zero-order valence-electron chi connectivity index (χ0n) is 15.9. The molecule has 0 aromatic rings. The molecule has 0 heterocycles. The van der Waals surface area contributed by atoms with Gasteiger partial charge in [-0.25, -0.2) is 0 Å². The Hall–Kier alpha value is -0.200. The van der Waals surface area contributed by atoms with Crippen molar-refractivity contribution in [2.75, 3.05) is 26.4 Å². The van der Waals surface area contributed by atoms with Gasteiger partial charge in [-0.15, -0.1) is 0 Å². The predicted molar refractivity (Wildman–Crippen MR) is 92.9 cm³/mol. The van der Waals surface area contributed by atoms with Crippen LogP contribution in [0.5, 0.6) is 0 Å². The molecule has 0 aromatic carbocycles. The number of aliphatic hydroxyl groups is 1. The molecule has 5 heteroatoms. The van der Waals surface area contributed by atoms with Gasteiger partial charge >= 0.3 is 0 Å². The Balaban J connectivity index is 3.70. The molecule has 0 spiro atoms. The van der Waals surface area contributed by atoms with Crippen LogP contribution in [-0.2, 0) is 18.9 Å². The van der Waals surface area contributed by atoms with Gasteiger partial charge in [-0.1, -0.05) is 19.8 Å². The van der Waals surface area contributed by atoms with Crippen LogP contribution in [0.1, 0.15) is 60.8 Å². The van der Waals surface area contributed by atoms with Crippen molar-refractivity contribution in [1.82, 2.24) is 0 Å². The zero-order valence-corrected chi connectivity index (χ0v) is 15.9. The maximum atomic E-state index is 8.90. The van der Waals surface area contributed by atoms with Crippen molar-refractivity contribution in [3.63, 3.8) is 0 Å². The molecule has 5 nitrogen and oxygen atoms in total. The van der Waals surface area contributed by atoms with E-state index >= 15 is 0 Å². The topological polar surface area (TPSA) is 57.2 Å². The SMILES string of the molecule is CCCCC(C)OC(C)COC(C)COC(C)COC(C)CO. The Labute approximate surface area is 142 Å². The second kappa shape index (κ2) is 14.2. The molecular weight excluding hydrogens is 296 g/mol. The fourth-order valence-electron chi connectivity index (χ4n) is 2.04. The first kappa shape index (κ1) is 22.8. The lowest BCUT2D eigenvalue weighted by Gasteiger charge is -2.22. The number of unbranched alkanes of at least 4 members (excludes halogenated alkanes) is 1. The third kappa shape index (κ3) is 13.9. The molecule has 1 N–H and O–H groups in total. The summed E-state index contributed by atoms with van der Waals surface area (Å²) in [7, 11) is 0. The van der Waals surface area contributed by atoms with Gasteiger partial charge in [0.25, 0.3) is 0 Å². The molecule has 5 atom stereocenters. The van der Waals surface area contributed by atoms with Crippen LogP contribution in [0.4, 0.5) is 0 Å². The van der Waals surface area contributed by atoms with Gasteiger partial charge in [0.1, 0.15) is 0 Å². The van der Waals surface area contributed by atoms with Crippen molar-refractivity contribution < 1.29 is 24.1 Å². The van der Waals surface area contributed by atoms with E-state index in [0.717, 1.165) is 6.42 Å². The molecule has 5 unspecified atom stereocenters. The van der Waals surface area contributed by atoms with E-state index in [1.54, 1.807) is 0 Å². The quantitative estimate of drug-likeness (QED) is 0.498. The Morgan fingerprint density at radius 3 is 1.65 bits per heavy atom. The number of ether oxygens (including phenoxy) is 4. The lowest BCUT2D eigenvalue weighted by Crippen LogP contribution is -2.29. The van der Waals surface area contributed by atoms with E-state index in [2.05, 4.69) is 13.8 Å². The van der Waals surface area contributed by atoms with Gasteiger partial charge in [-0.3, -0.25) is 0 Å². The minimum atomic E-state index is -0.151. The Bertz CT molecular complexity index is 262. The molecule has 0 fully saturated rings. The van der Waals surface area contributed by atoms with Crippen LogP contribution in [-0.4, -0.2) is 62.1 Å². The molecule has 0 aliphatic rings. The normalized spacial score (nSPS) is 18.4. The van der Waals surface area contributed by atoms with Crippen LogP contribution in [0.2, 0.25) is 0 Å². The molecule has 0 saturated heterocycles. The van der Waals surface area contributed by atoms with Crippen molar-refractivity contribution in [2.24, 2.45) is 0 Å². The van der Waals surface area contributed by atoms with Crippen LogP contribution in [0.15, 0.2) is 0 Å². The largest absolute Gasteiger partial charge is 0.394 e. The summed E-state index contributed by atoms with van der Waals surface area (Å²) in [6.45, 7) is 13.7. The van der Waals surface area contributed by atoms with Crippen molar-refractivity contribution in [1.29, 1.82) is 0 Å². The molecule has 0 radical (unpaired) electrons. The fraction of sp³-hybridized carbons (Fsp3) is 1.00. The second-order valence-corrected chi connectivity index (χ2v) is 6.51. The summed E-state index contributed by atoms with van der Waals surface area (Å²) in [4.78, 5) is 0. The highest BCUT2D eigenvalue weighted by Gasteiger charge is 2.12. The molecule has 0 bridgehead atoms. The molecular formula is C18H38O5. The predicted octanol–water partition coefficient (Wildman–Crippen LogP) is 3.18. The number of hydrogen-bond donors (Lipinski definition) is 1. The Morgan fingerprint density at radius 2 is 1.17 bits per heavy atom. The summed E-state index contributed by atoms with van der Waals surface area (Å²) in [6.07, 6.45) is 3.73. The third-order valence-corrected chi connectivity index (χ3v) is 3.53.